The highest BCUT2D eigenvalue weighted by Gasteiger charge is 2.79. The van der Waals surface area contributed by atoms with E-state index in [0.29, 0.717) is 32.4 Å². The van der Waals surface area contributed by atoms with Crippen LogP contribution in [0.15, 0.2) is 25.3 Å². The number of ether oxygens (including phenoxy) is 1. The number of aliphatic hydroxyl groups excluding tert-OH is 1. The molecule has 1 spiro atoms. The predicted molar refractivity (Wildman–Crippen MR) is 132 cm³/mol. The third kappa shape index (κ3) is 3.93. The summed E-state index contributed by atoms with van der Waals surface area (Å²) in [6.07, 6.45) is 10.4. The van der Waals surface area contributed by atoms with Crippen LogP contribution in [0.25, 0.3) is 0 Å². The Morgan fingerprint density at radius 3 is 2.43 bits per heavy atom. The molecule has 1 aliphatic carbocycles. The molecule has 8 heteroatoms. The Bertz CT molecular complexity index is 871. The van der Waals surface area contributed by atoms with Gasteiger partial charge in [-0.3, -0.25) is 14.4 Å². The minimum absolute atomic E-state index is 0.0476. The molecule has 0 radical (unpaired) electrons. The van der Waals surface area contributed by atoms with Gasteiger partial charge in [0, 0.05) is 32.7 Å². The van der Waals surface area contributed by atoms with E-state index < -0.39 is 29.1 Å². The van der Waals surface area contributed by atoms with Crippen molar-refractivity contribution in [2.24, 2.45) is 11.8 Å². The molecule has 35 heavy (non-hydrogen) atoms. The summed E-state index contributed by atoms with van der Waals surface area (Å²) in [5, 5.41) is 9.83. The van der Waals surface area contributed by atoms with Gasteiger partial charge in [0.25, 0.3) is 0 Å². The van der Waals surface area contributed by atoms with E-state index in [1.54, 1.807) is 24.1 Å². The average molecular weight is 488 g/mol. The van der Waals surface area contributed by atoms with E-state index in [-0.39, 0.29) is 36.9 Å². The summed E-state index contributed by atoms with van der Waals surface area (Å²) in [4.78, 5) is 46.9. The first kappa shape index (κ1) is 25.9. The fourth-order valence-corrected chi connectivity index (χ4v) is 7.35. The van der Waals surface area contributed by atoms with Crippen LogP contribution in [0.4, 0.5) is 0 Å². The van der Waals surface area contributed by atoms with Gasteiger partial charge in [0.2, 0.25) is 17.7 Å². The molecule has 4 aliphatic rings. The Balaban J connectivity index is 1.76. The molecule has 8 nitrogen and oxygen atoms in total. The first-order valence-electron chi connectivity index (χ1n) is 13.2. The highest BCUT2D eigenvalue weighted by atomic mass is 16.5. The summed E-state index contributed by atoms with van der Waals surface area (Å²) in [6, 6.07) is -0.740. The molecule has 1 N–H and O–H groups in total. The number of β-amino-alcohol motifs (C(OH)–C–C–N with tert-alkyl or cyclic N) is 1. The number of carbonyl (C=O) groups is 3. The van der Waals surface area contributed by atoms with Crippen molar-refractivity contribution in [3.05, 3.63) is 25.3 Å². The number of fused-ring (bicyclic) bond motifs is 1. The zero-order valence-electron chi connectivity index (χ0n) is 21.3. The molecule has 4 fully saturated rings. The summed E-state index contributed by atoms with van der Waals surface area (Å²) >= 11 is 0. The lowest BCUT2D eigenvalue weighted by Gasteiger charge is -2.40. The highest BCUT2D eigenvalue weighted by molar-refractivity contribution is 5.99. The Hall–Kier alpha value is -2.19. The maximum Gasteiger partial charge on any atom is 0.248 e. The number of rotatable bonds is 10. The summed E-state index contributed by atoms with van der Waals surface area (Å²) in [6.45, 7) is 10.2. The van der Waals surface area contributed by atoms with Gasteiger partial charge in [0.05, 0.1) is 24.0 Å². The highest BCUT2D eigenvalue weighted by Crippen LogP contribution is 2.64. The molecule has 3 amide bonds. The van der Waals surface area contributed by atoms with Crippen molar-refractivity contribution in [1.82, 2.24) is 14.7 Å². The second-order valence-electron chi connectivity index (χ2n) is 10.7. The summed E-state index contributed by atoms with van der Waals surface area (Å²) < 4.78 is 6.79. The Morgan fingerprint density at radius 2 is 1.83 bits per heavy atom. The fourth-order valence-electron chi connectivity index (χ4n) is 7.35. The number of hydrogen-bond donors (Lipinski definition) is 1. The molecule has 0 aromatic carbocycles. The van der Waals surface area contributed by atoms with Crippen LogP contribution in [0.3, 0.4) is 0 Å². The molecule has 3 saturated heterocycles. The quantitative estimate of drug-likeness (QED) is 0.477. The van der Waals surface area contributed by atoms with Gasteiger partial charge < -0.3 is 24.5 Å². The second-order valence-corrected chi connectivity index (χ2v) is 10.7. The maximum atomic E-state index is 14.3. The van der Waals surface area contributed by atoms with Gasteiger partial charge in [0.15, 0.2) is 0 Å². The molecule has 194 valence electrons. The van der Waals surface area contributed by atoms with Crippen LogP contribution in [-0.2, 0) is 19.1 Å². The number of hydrogen-bond acceptors (Lipinski definition) is 5. The van der Waals surface area contributed by atoms with Crippen LogP contribution in [0.5, 0.6) is 0 Å². The molecular formula is C27H41N3O5. The van der Waals surface area contributed by atoms with Gasteiger partial charge in [-0.15, -0.1) is 13.2 Å². The molecule has 3 aliphatic heterocycles. The number of aliphatic hydroxyl groups is 1. The van der Waals surface area contributed by atoms with Gasteiger partial charge in [-0.05, 0) is 32.1 Å². The second kappa shape index (κ2) is 10.1. The van der Waals surface area contributed by atoms with Crippen LogP contribution in [0.2, 0.25) is 0 Å². The Kier molecular flexibility index (Phi) is 7.44. The normalized spacial score (nSPS) is 34.1. The molecule has 1 saturated carbocycles. The largest absolute Gasteiger partial charge is 0.395 e. The van der Waals surface area contributed by atoms with Gasteiger partial charge in [-0.25, -0.2) is 0 Å². The summed E-state index contributed by atoms with van der Waals surface area (Å²) in [5.74, 6) is -1.91. The van der Waals surface area contributed by atoms with Gasteiger partial charge in [-0.2, -0.15) is 0 Å². The standard InChI is InChI=1S/C27H41N3O5/c1-5-15-28(4)23(32)20-21-24(33)30(17-18-31)22(27(21)14-13-26(20,7-3)35-27)25(34)29(16-6-2)19-11-9-8-10-12-19/h5-6,19-22,31H,1-2,7-18H2,3-4H3/t20-,21-,22?,26+,27?/m0/s1. The number of amides is 3. The van der Waals surface area contributed by atoms with Crippen molar-refractivity contribution >= 4 is 17.7 Å². The van der Waals surface area contributed by atoms with Crippen LogP contribution in [0.1, 0.15) is 58.3 Å². The van der Waals surface area contributed by atoms with Crippen LogP contribution in [-0.4, -0.2) is 94.1 Å². The van der Waals surface area contributed by atoms with Crippen molar-refractivity contribution < 1.29 is 24.2 Å². The van der Waals surface area contributed by atoms with Gasteiger partial charge in [0.1, 0.15) is 11.6 Å². The first-order chi connectivity index (χ1) is 16.8. The average Bonchev–Trinajstić information content (AvgIpc) is 3.46. The Morgan fingerprint density at radius 1 is 1.14 bits per heavy atom. The van der Waals surface area contributed by atoms with Crippen molar-refractivity contribution in [2.75, 3.05) is 33.3 Å². The zero-order valence-corrected chi connectivity index (χ0v) is 21.3. The van der Waals surface area contributed by atoms with E-state index in [9.17, 15) is 19.5 Å². The molecule has 5 atom stereocenters. The lowest BCUT2D eigenvalue weighted by Crippen LogP contribution is -2.58. The first-order valence-corrected chi connectivity index (χ1v) is 13.2. The number of likely N-dealkylation sites (N-methyl/N-ethyl adjacent to an activating group) is 1. The van der Waals surface area contributed by atoms with Crippen LogP contribution < -0.4 is 0 Å². The number of carbonyl (C=O) groups excluding carboxylic acids is 3. The minimum Gasteiger partial charge on any atom is -0.395 e. The number of nitrogens with zero attached hydrogens (tertiary/aromatic N) is 3. The molecule has 3 heterocycles. The lowest BCUT2D eigenvalue weighted by atomic mass is 9.64. The van der Waals surface area contributed by atoms with Gasteiger partial charge in [-0.1, -0.05) is 38.3 Å². The van der Waals surface area contributed by atoms with E-state index in [2.05, 4.69) is 13.2 Å². The molecule has 4 rings (SSSR count). The Labute approximate surface area is 208 Å². The molecule has 2 bridgehead atoms. The van der Waals surface area contributed by atoms with E-state index in [4.69, 9.17) is 4.74 Å². The van der Waals surface area contributed by atoms with Crippen LogP contribution in [0, 0.1) is 11.8 Å². The minimum atomic E-state index is -1.05. The van der Waals surface area contributed by atoms with Crippen molar-refractivity contribution in [2.45, 2.75) is 81.6 Å². The molecule has 0 aromatic rings. The summed E-state index contributed by atoms with van der Waals surface area (Å²) in [5.41, 5.74) is -1.81. The van der Waals surface area contributed by atoms with Gasteiger partial charge >= 0.3 is 0 Å². The van der Waals surface area contributed by atoms with Crippen molar-refractivity contribution in [3.63, 3.8) is 0 Å². The zero-order chi connectivity index (χ0) is 25.4. The molecule has 2 unspecified atom stereocenters. The monoisotopic (exact) mass is 487 g/mol. The van der Waals surface area contributed by atoms with E-state index in [0.717, 1.165) is 25.7 Å². The third-order valence-electron chi connectivity index (χ3n) is 8.93. The van der Waals surface area contributed by atoms with E-state index in [1.807, 2.05) is 11.8 Å². The van der Waals surface area contributed by atoms with Crippen molar-refractivity contribution in [3.8, 4) is 0 Å². The van der Waals surface area contributed by atoms with Crippen molar-refractivity contribution in [1.29, 1.82) is 0 Å². The maximum absolute atomic E-state index is 14.3. The topological polar surface area (TPSA) is 90.4 Å². The lowest BCUT2D eigenvalue weighted by molar-refractivity contribution is -0.156. The SMILES string of the molecule is C=CCN(C)C(=O)[C@@H]1[C@H]2C(=O)N(CCO)C(C(=O)N(CC=C)C3CCCCC3)C23CC[C@@]1(CC)O3. The smallest absolute Gasteiger partial charge is 0.248 e. The van der Waals surface area contributed by atoms with Crippen LogP contribution >= 0.6 is 0 Å². The summed E-state index contributed by atoms with van der Waals surface area (Å²) in [7, 11) is 1.72. The molecule has 0 aromatic heterocycles. The number of likely N-dealkylation sites (tertiary alicyclic amines) is 1. The fraction of sp³-hybridized carbons (Fsp3) is 0.741. The molecular weight excluding hydrogens is 446 g/mol. The van der Waals surface area contributed by atoms with E-state index in [1.165, 1.54) is 11.3 Å². The van der Waals surface area contributed by atoms with E-state index >= 15 is 0 Å². The predicted octanol–water partition coefficient (Wildman–Crippen LogP) is 2.13. The third-order valence-corrected chi connectivity index (χ3v) is 8.93.